The van der Waals surface area contributed by atoms with Crippen molar-refractivity contribution in [2.75, 3.05) is 13.1 Å². The number of benzene rings is 1. The fourth-order valence-corrected chi connectivity index (χ4v) is 2.24. The molecule has 0 saturated heterocycles. The van der Waals surface area contributed by atoms with Crippen molar-refractivity contribution in [3.63, 3.8) is 0 Å². The molecule has 1 aliphatic rings. The van der Waals surface area contributed by atoms with Crippen LogP contribution in [0.5, 0.6) is 0 Å². The Bertz CT molecular complexity index is 387. The Balaban J connectivity index is 1.83. The second-order valence-corrected chi connectivity index (χ2v) is 5.08. The molecule has 0 aromatic heterocycles. The summed E-state index contributed by atoms with van der Waals surface area (Å²) in [6.45, 7) is 4.09. The van der Waals surface area contributed by atoms with E-state index in [0.29, 0.717) is 5.41 Å². The number of nitrogens with zero attached hydrogens (tertiary/aromatic N) is 1. The van der Waals surface area contributed by atoms with Gasteiger partial charge in [0.1, 0.15) is 0 Å². The molecule has 2 nitrogen and oxygen atoms in total. The molecule has 90 valence electrons. The van der Waals surface area contributed by atoms with Crippen LogP contribution in [0.3, 0.4) is 0 Å². The molecule has 1 aliphatic carbocycles. The third kappa shape index (κ3) is 3.08. The van der Waals surface area contributed by atoms with Gasteiger partial charge in [-0.1, -0.05) is 37.3 Å². The summed E-state index contributed by atoms with van der Waals surface area (Å²) in [6, 6.07) is 12.4. The molecule has 17 heavy (non-hydrogen) atoms. The molecule has 1 atom stereocenters. The third-order valence-corrected chi connectivity index (χ3v) is 3.91. The molecule has 0 amide bonds. The lowest BCUT2D eigenvalue weighted by molar-refractivity contribution is 0.441. The van der Waals surface area contributed by atoms with Gasteiger partial charge in [0.05, 0.1) is 12.0 Å². The Morgan fingerprint density at radius 2 is 2.06 bits per heavy atom. The van der Waals surface area contributed by atoms with E-state index in [1.165, 1.54) is 19.3 Å². The number of rotatable bonds is 6. The summed E-state index contributed by atoms with van der Waals surface area (Å²) in [5, 5.41) is 12.7. The molecule has 0 heterocycles. The van der Waals surface area contributed by atoms with E-state index < -0.39 is 0 Å². The van der Waals surface area contributed by atoms with E-state index in [2.05, 4.69) is 18.3 Å². The predicted octanol–water partition coefficient (Wildman–Crippen LogP) is 3.07. The maximum Gasteiger partial charge on any atom is 0.0837 e. The van der Waals surface area contributed by atoms with Crippen molar-refractivity contribution in [1.29, 1.82) is 5.26 Å². The smallest absolute Gasteiger partial charge is 0.0837 e. The van der Waals surface area contributed by atoms with E-state index in [1.807, 2.05) is 30.3 Å². The summed E-state index contributed by atoms with van der Waals surface area (Å²) in [7, 11) is 0. The second kappa shape index (κ2) is 5.33. The quantitative estimate of drug-likeness (QED) is 0.812. The van der Waals surface area contributed by atoms with Gasteiger partial charge in [-0.15, -0.1) is 0 Å². The van der Waals surface area contributed by atoms with Crippen molar-refractivity contribution in [3.05, 3.63) is 35.9 Å². The van der Waals surface area contributed by atoms with E-state index in [1.54, 1.807) is 0 Å². The van der Waals surface area contributed by atoms with Crippen LogP contribution in [0.4, 0.5) is 0 Å². The summed E-state index contributed by atoms with van der Waals surface area (Å²) < 4.78 is 0. The molecule has 1 saturated carbocycles. The average Bonchev–Trinajstić information content (AvgIpc) is 3.16. The Hall–Kier alpha value is -1.33. The largest absolute Gasteiger partial charge is 0.315 e. The zero-order valence-electron chi connectivity index (χ0n) is 10.4. The maximum atomic E-state index is 9.19. The maximum absolute atomic E-state index is 9.19. The van der Waals surface area contributed by atoms with E-state index in [4.69, 9.17) is 0 Å². The van der Waals surface area contributed by atoms with Crippen molar-refractivity contribution in [3.8, 4) is 6.07 Å². The molecule has 0 aliphatic heterocycles. The Kier molecular flexibility index (Phi) is 3.81. The summed E-state index contributed by atoms with van der Waals surface area (Å²) in [6.07, 6.45) is 3.95. The number of nitrogens with one attached hydrogen (secondary N) is 1. The molecular formula is C15H20N2. The van der Waals surface area contributed by atoms with Crippen LogP contribution in [0.25, 0.3) is 0 Å². The fraction of sp³-hybridized carbons (Fsp3) is 0.533. The molecule has 1 unspecified atom stereocenters. The lowest BCUT2D eigenvalue weighted by Crippen LogP contribution is -2.27. The first-order valence-corrected chi connectivity index (χ1v) is 6.45. The summed E-state index contributed by atoms with van der Waals surface area (Å²) in [4.78, 5) is 0. The van der Waals surface area contributed by atoms with Crippen molar-refractivity contribution in [2.24, 2.45) is 5.41 Å². The van der Waals surface area contributed by atoms with Crippen LogP contribution >= 0.6 is 0 Å². The number of hydrogen-bond donors (Lipinski definition) is 1. The second-order valence-electron chi connectivity index (χ2n) is 5.08. The van der Waals surface area contributed by atoms with Gasteiger partial charge in [-0.05, 0) is 30.2 Å². The monoisotopic (exact) mass is 228 g/mol. The van der Waals surface area contributed by atoms with Gasteiger partial charge >= 0.3 is 0 Å². The average molecular weight is 228 g/mol. The van der Waals surface area contributed by atoms with Crippen LogP contribution in [0.1, 0.15) is 37.7 Å². The van der Waals surface area contributed by atoms with Crippen LogP contribution in [0.15, 0.2) is 30.3 Å². The highest BCUT2D eigenvalue weighted by atomic mass is 14.9. The number of hydrogen-bond acceptors (Lipinski definition) is 2. The SMILES string of the molecule is CCC1(CNCC(C#N)c2ccccc2)CC1. The highest BCUT2D eigenvalue weighted by Gasteiger charge is 2.39. The van der Waals surface area contributed by atoms with Gasteiger partial charge in [-0.2, -0.15) is 5.26 Å². The van der Waals surface area contributed by atoms with Crippen molar-refractivity contribution >= 4 is 0 Å². The molecule has 0 bridgehead atoms. The van der Waals surface area contributed by atoms with Gasteiger partial charge in [0.15, 0.2) is 0 Å². The Morgan fingerprint density at radius 3 is 2.59 bits per heavy atom. The zero-order valence-corrected chi connectivity index (χ0v) is 10.4. The summed E-state index contributed by atoms with van der Waals surface area (Å²) >= 11 is 0. The first kappa shape index (κ1) is 12.1. The van der Waals surface area contributed by atoms with Crippen molar-refractivity contribution in [2.45, 2.75) is 32.1 Å². The lowest BCUT2D eigenvalue weighted by atomic mass is 9.99. The van der Waals surface area contributed by atoms with Gasteiger partial charge in [-0.3, -0.25) is 0 Å². The summed E-state index contributed by atoms with van der Waals surface area (Å²) in [5.41, 5.74) is 1.67. The molecule has 1 aromatic carbocycles. The van der Waals surface area contributed by atoms with E-state index in [-0.39, 0.29) is 5.92 Å². The minimum Gasteiger partial charge on any atom is -0.315 e. The van der Waals surface area contributed by atoms with Gasteiger partial charge < -0.3 is 5.32 Å². The van der Waals surface area contributed by atoms with Crippen LogP contribution in [0, 0.1) is 16.7 Å². The minimum absolute atomic E-state index is 0.0242. The molecular weight excluding hydrogens is 208 g/mol. The fourth-order valence-electron chi connectivity index (χ4n) is 2.24. The van der Waals surface area contributed by atoms with E-state index >= 15 is 0 Å². The van der Waals surface area contributed by atoms with E-state index in [9.17, 15) is 5.26 Å². The molecule has 0 radical (unpaired) electrons. The van der Waals surface area contributed by atoms with Gasteiger partial charge in [-0.25, -0.2) is 0 Å². The Labute approximate surface area is 104 Å². The van der Waals surface area contributed by atoms with Crippen LogP contribution in [-0.2, 0) is 0 Å². The highest BCUT2D eigenvalue weighted by Crippen LogP contribution is 2.47. The zero-order chi connectivity index (χ0) is 12.1. The molecule has 2 rings (SSSR count). The predicted molar refractivity (Wildman–Crippen MR) is 69.6 cm³/mol. The molecule has 1 fully saturated rings. The summed E-state index contributed by atoms with van der Waals surface area (Å²) in [5.74, 6) is -0.0242. The number of nitriles is 1. The normalized spacial score (nSPS) is 18.4. The Morgan fingerprint density at radius 1 is 1.35 bits per heavy atom. The van der Waals surface area contributed by atoms with Gasteiger partial charge in [0, 0.05) is 13.1 Å². The van der Waals surface area contributed by atoms with E-state index in [0.717, 1.165) is 18.7 Å². The van der Waals surface area contributed by atoms with Gasteiger partial charge in [0.25, 0.3) is 0 Å². The van der Waals surface area contributed by atoms with Crippen LogP contribution in [-0.4, -0.2) is 13.1 Å². The standard InChI is InChI=1S/C15H20N2/c1-2-15(8-9-15)12-17-11-14(10-16)13-6-4-3-5-7-13/h3-7,14,17H,2,8-9,11-12H2,1H3. The van der Waals surface area contributed by atoms with Gasteiger partial charge in [0.2, 0.25) is 0 Å². The molecule has 1 N–H and O–H groups in total. The third-order valence-electron chi connectivity index (χ3n) is 3.91. The molecule has 1 aromatic rings. The minimum atomic E-state index is -0.0242. The molecule has 2 heteroatoms. The molecule has 0 spiro atoms. The first-order valence-electron chi connectivity index (χ1n) is 6.45. The van der Waals surface area contributed by atoms with Crippen molar-refractivity contribution in [1.82, 2.24) is 5.32 Å². The van der Waals surface area contributed by atoms with Crippen molar-refractivity contribution < 1.29 is 0 Å². The first-order chi connectivity index (χ1) is 8.29. The topological polar surface area (TPSA) is 35.8 Å². The lowest BCUT2D eigenvalue weighted by Gasteiger charge is -2.15. The highest BCUT2D eigenvalue weighted by molar-refractivity contribution is 5.25. The van der Waals surface area contributed by atoms with Crippen LogP contribution < -0.4 is 5.32 Å². The van der Waals surface area contributed by atoms with Crippen LogP contribution in [0.2, 0.25) is 0 Å².